The third-order valence-electron chi connectivity index (χ3n) is 3.14. The number of sulfone groups is 1. The number of aliphatic hydroxyl groups is 1. The molecule has 0 spiro atoms. The summed E-state index contributed by atoms with van der Waals surface area (Å²) in [6.07, 6.45) is 0.324. The van der Waals surface area contributed by atoms with Crippen molar-refractivity contribution in [2.75, 3.05) is 11.5 Å². The third-order valence-corrected chi connectivity index (χ3v) is 6.31. The van der Waals surface area contributed by atoms with Gasteiger partial charge in [-0.05, 0) is 17.5 Å². The quantitative estimate of drug-likeness (QED) is 0.782. The van der Waals surface area contributed by atoms with E-state index < -0.39 is 25.9 Å². The van der Waals surface area contributed by atoms with Crippen molar-refractivity contribution in [1.29, 1.82) is 0 Å². The Balaban J connectivity index is 2.00. The van der Waals surface area contributed by atoms with Crippen LogP contribution in [0.5, 0.6) is 0 Å². The van der Waals surface area contributed by atoms with Crippen LogP contribution in [0.25, 0.3) is 0 Å². The van der Waals surface area contributed by atoms with Gasteiger partial charge in [0.15, 0.2) is 9.84 Å². The Morgan fingerprint density at radius 2 is 1.80 bits per heavy atom. The van der Waals surface area contributed by atoms with Crippen LogP contribution in [0.1, 0.15) is 17.5 Å². The number of aliphatic hydroxyl groups excluding tert-OH is 1. The molecule has 1 heterocycles. The lowest BCUT2D eigenvalue weighted by molar-refractivity contribution is 0.282. The standard InChI is InChI=1S/C12H17NO5S2/c14-7-10-1-3-11(4-2-10)8-20(17,18)13-12-5-6-19(15,16)9-12/h1-4,12-14H,5-9H2. The van der Waals surface area contributed by atoms with Crippen molar-refractivity contribution in [2.45, 2.75) is 24.8 Å². The van der Waals surface area contributed by atoms with Gasteiger partial charge in [-0.3, -0.25) is 0 Å². The predicted molar refractivity (Wildman–Crippen MR) is 75.2 cm³/mol. The van der Waals surface area contributed by atoms with Crippen molar-refractivity contribution in [3.63, 3.8) is 0 Å². The Morgan fingerprint density at radius 1 is 1.20 bits per heavy atom. The number of benzene rings is 1. The molecule has 1 aromatic rings. The molecule has 1 aliphatic rings. The van der Waals surface area contributed by atoms with Crippen LogP contribution in [0, 0.1) is 0 Å². The highest BCUT2D eigenvalue weighted by molar-refractivity contribution is 7.92. The van der Waals surface area contributed by atoms with Gasteiger partial charge in [-0.15, -0.1) is 0 Å². The lowest BCUT2D eigenvalue weighted by Crippen LogP contribution is -2.36. The van der Waals surface area contributed by atoms with Gasteiger partial charge in [0.1, 0.15) is 0 Å². The van der Waals surface area contributed by atoms with Gasteiger partial charge in [-0.2, -0.15) is 0 Å². The molecular weight excluding hydrogens is 302 g/mol. The minimum absolute atomic E-state index is 0.0331. The Hall–Kier alpha value is -0.960. The summed E-state index contributed by atoms with van der Waals surface area (Å²) in [7, 11) is -6.67. The highest BCUT2D eigenvalue weighted by Crippen LogP contribution is 2.14. The molecule has 0 amide bonds. The van der Waals surface area contributed by atoms with E-state index in [0.717, 1.165) is 0 Å². The zero-order chi connectivity index (χ0) is 14.8. The highest BCUT2D eigenvalue weighted by Gasteiger charge is 2.30. The molecule has 1 aromatic carbocycles. The van der Waals surface area contributed by atoms with E-state index in [1.807, 2.05) is 0 Å². The molecule has 0 bridgehead atoms. The van der Waals surface area contributed by atoms with Crippen LogP contribution in [0.3, 0.4) is 0 Å². The summed E-state index contributed by atoms with van der Waals surface area (Å²) in [5.74, 6) is -0.295. The first-order valence-corrected chi connectivity index (χ1v) is 9.66. The van der Waals surface area contributed by atoms with Crippen molar-refractivity contribution in [3.8, 4) is 0 Å². The van der Waals surface area contributed by atoms with Crippen LogP contribution < -0.4 is 4.72 Å². The maximum absolute atomic E-state index is 12.0. The third kappa shape index (κ3) is 4.27. The van der Waals surface area contributed by atoms with Gasteiger partial charge < -0.3 is 5.11 Å². The van der Waals surface area contributed by atoms with Crippen LogP contribution in [-0.2, 0) is 32.2 Å². The summed E-state index contributed by atoms with van der Waals surface area (Å²) in [4.78, 5) is 0. The molecule has 0 aromatic heterocycles. The summed E-state index contributed by atoms with van der Waals surface area (Å²) >= 11 is 0. The molecule has 2 N–H and O–H groups in total. The molecule has 1 saturated heterocycles. The SMILES string of the molecule is O=S1(=O)CCC(NS(=O)(=O)Cc2ccc(CO)cc2)C1. The number of nitrogens with one attached hydrogen (secondary N) is 1. The van der Waals surface area contributed by atoms with Crippen LogP contribution in [0.15, 0.2) is 24.3 Å². The number of sulfonamides is 1. The number of hydrogen-bond acceptors (Lipinski definition) is 5. The van der Waals surface area contributed by atoms with E-state index in [-0.39, 0.29) is 23.9 Å². The van der Waals surface area contributed by atoms with Crippen molar-refractivity contribution < 1.29 is 21.9 Å². The second kappa shape index (κ2) is 5.80. The molecule has 0 radical (unpaired) electrons. The Labute approximate surface area is 118 Å². The van der Waals surface area contributed by atoms with Gasteiger partial charge in [0.2, 0.25) is 10.0 Å². The fourth-order valence-electron chi connectivity index (χ4n) is 2.14. The Kier molecular flexibility index (Phi) is 4.48. The van der Waals surface area contributed by atoms with E-state index in [1.165, 1.54) is 0 Å². The molecule has 0 saturated carbocycles. The van der Waals surface area contributed by atoms with Crippen LogP contribution >= 0.6 is 0 Å². The maximum Gasteiger partial charge on any atom is 0.216 e. The molecular formula is C12H17NO5S2. The monoisotopic (exact) mass is 319 g/mol. The van der Waals surface area contributed by atoms with E-state index in [9.17, 15) is 16.8 Å². The second-order valence-corrected chi connectivity index (χ2v) is 8.93. The predicted octanol–water partition coefficient (Wildman–Crippen LogP) is -0.215. The zero-order valence-corrected chi connectivity index (χ0v) is 12.5. The molecule has 20 heavy (non-hydrogen) atoms. The zero-order valence-electron chi connectivity index (χ0n) is 10.8. The lowest BCUT2D eigenvalue weighted by atomic mass is 10.2. The summed E-state index contributed by atoms with van der Waals surface area (Å²) in [6.45, 7) is -0.0921. The fourth-order valence-corrected chi connectivity index (χ4v) is 5.35. The molecule has 6 nitrogen and oxygen atoms in total. The maximum atomic E-state index is 12.0. The van der Waals surface area contributed by atoms with Crippen molar-refractivity contribution in [3.05, 3.63) is 35.4 Å². The summed E-state index contributed by atoms with van der Waals surface area (Å²) in [5, 5.41) is 8.91. The first kappa shape index (κ1) is 15.4. The van der Waals surface area contributed by atoms with Gasteiger partial charge >= 0.3 is 0 Å². The van der Waals surface area contributed by atoms with E-state index in [0.29, 0.717) is 17.5 Å². The molecule has 1 aliphatic heterocycles. The van der Waals surface area contributed by atoms with Gasteiger partial charge in [0, 0.05) is 6.04 Å². The van der Waals surface area contributed by atoms with Crippen LogP contribution in [-0.4, -0.2) is 39.5 Å². The highest BCUT2D eigenvalue weighted by atomic mass is 32.2. The first-order chi connectivity index (χ1) is 9.30. The number of rotatable bonds is 5. The van der Waals surface area contributed by atoms with E-state index in [1.54, 1.807) is 24.3 Å². The van der Waals surface area contributed by atoms with Gasteiger partial charge in [-0.25, -0.2) is 21.6 Å². The Morgan fingerprint density at radius 3 is 2.30 bits per heavy atom. The molecule has 0 aliphatic carbocycles. The fraction of sp³-hybridized carbons (Fsp3) is 0.500. The van der Waals surface area contributed by atoms with Gasteiger partial charge in [-0.1, -0.05) is 24.3 Å². The lowest BCUT2D eigenvalue weighted by Gasteiger charge is -2.11. The summed E-state index contributed by atoms with van der Waals surface area (Å²) < 4.78 is 49.0. The molecule has 1 unspecified atom stereocenters. The smallest absolute Gasteiger partial charge is 0.216 e. The van der Waals surface area contributed by atoms with E-state index in [2.05, 4.69) is 4.72 Å². The molecule has 1 fully saturated rings. The Bertz CT molecular complexity index is 664. The van der Waals surface area contributed by atoms with Crippen molar-refractivity contribution >= 4 is 19.9 Å². The normalized spacial score (nSPS) is 21.9. The minimum Gasteiger partial charge on any atom is -0.392 e. The van der Waals surface area contributed by atoms with Crippen LogP contribution in [0.2, 0.25) is 0 Å². The molecule has 2 rings (SSSR count). The largest absolute Gasteiger partial charge is 0.392 e. The van der Waals surface area contributed by atoms with Gasteiger partial charge in [0.05, 0.1) is 23.9 Å². The van der Waals surface area contributed by atoms with Gasteiger partial charge in [0.25, 0.3) is 0 Å². The average molecular weight is 319 g/mol. The second-order valence-electron chi connectivity index (χ2n) is 4.95. The topological polar surface area (TPSA) is 101 Å². The minimum atomic E-state index is -3.56. The first-order valence-electron chi connectivity index (χ1n) is 6.19. The summed E-state index contributed by atoms with van der Waals surface area (Å²) in [6, 6.07) is 6.06. The number of hydrogen-bond donors (Lipinski definition) is 2. The molecule has 8 heteroatoms. The molecule has 1 atom stereocenters. The van der Waals surface area contributed by atoms with Crippen molar-refractivity contribution in [1.82, 2.24) is 4.72 Å². The van der Waals surface area contributed by atoms with Crippen molar-refractivity contribution in [2.24, 2.45) is 0 Å². The van der Waals surface area contributed by atoms with Crippen LogP contribution in [0.4, 0.5) is 0 Å². The van der Waals surface area contributed by atoms with E-state index in [4.69, 9.17) is 5.11 Å². The molecule has 112 valence electrons. The van der Waals surface area contributed by atoms with E-state index >= 15 is 0 Å². The summed E-state index contributed by atoms with van der Waals surface area (Å²) in [5.41, 5.74) is 1.30. The average Bonchev–Trinajstić information content (AvgIpc) is 2.68.